The molecule has 33 heavy (non-hydrogen) atoms. The molecule has 0 radical (unpaired) electrons. The number of halogens is 1. The molecule has 2 saturated heterocycles. The van der Waals surface area contributed by atoms with Crippen LogP contribution in [0.5, 0.6) is 0 Å². The van der Waals surface area contributed by atoms with E-state index < -0.39 is 11.8 Å². The second-order valence-electron chi connectivity index (χ2n) is 9.30. The number of hydrogen-bond acceptors (Lipinski definition) is 5. The van der Waals surface area contributed by atoms with E-state index in [1.54, 1.807) is 4.90 Å². The second kappa shape index (κ2) is 10.9. The van der Waals surface area contributed by atoms with Crippen molar-refractivity contribution in [2.24, 2.45) is 0 Å². The highest BCUT2D eigenvalue weighted by Crippen LogP contribution is 2.32. The number of aliphatic hydroxyl groups is 2. The number of piperidine rings is 2. The molecular formula is C26H33ClN2O4. The Bertz CT molecular complexity index is 892. The Labute approximate surface area is 200 Å². The van der Waals surface area contributed by atoms with Crippen LogP contribution in [0.1, 0.15) is 49.1 Å². The first-order valence-electron chi connectivity index (χ1n) is 11.8. The number of amides is 1. The van der Waals surface area contributed by atoms with E-state index in [2.05, 4.69) is 17.0 Å². The first-order valence-corrected chi connectivity index (χ1v) is 12.2. The van der Waals surface area contributed by atoms with Gasteiger partial charge in [-0.1, -0.05) is 54.1 Å². The highest BCUT2D eigenvalue weighted by molar-refractivity contribution is 6.30. The maximum absolute atomic E-state index is 12.4. The van der Waals surface area contributed by atoms with Crippen LogP contribution in [0.3, 0.4) is 0 Å². The molecule has 0 bridgehead atoms. The van der Waals surface area contributed by atoms with Crippen LogP contribution >= 0.6 is 11.6 Å². The molecule has 4 rings (SSSR count). The third-order valence-corrected chi connectivity index (χ3v) is 7.26. The monoisotopic (exact) mass is 472 g/mol. The van der Waals surface area contributed by atoms with Crippen molar-refractivity contribution < 1.29 is 19.7 Å². The maximum Gasteiger partial charge on any atom is 0.410 e. The van der Waals surface area contributed by atoms with Crippen LogP contribution in [0, 0.1) is 0 Å². The van der Waals surface area contributed by atoms with Crippen molar-refractivity contribution in [2.75, 3.05) is 26.2 Å². The van der Waals surface area contributed by atoms with Crippen LogP contribution in [0.25, 0.3) is 0 Å². The molecule has 1 unspecified atom stereocenters. The first kappa shape index (κ1) is 24.0. The van der Waals surface area contributed by atoms with Gasteiger partial charge in [-0.05, 0) is 54.9 Å². The van der Waals surface area contributed by atoms with Gasteiger partial charge in [-0.2, -0.15) is 0 Å². The van der Waals surface area contributed by atoms with Crippen LogP contribution in [-0.2, 0) is 11.3 Å². The molecule has 178 valence electrons. The van der Waals surface area contributed by atoms with E-state index in [9.17, 15) is 15.0 Å². The van der Waals surface area contributed by atoms with E-state index in [1.165, 1.54) is 5.56 Å². The number of likely N-dealkylation sites (tertiary alicyclic amines) is 2. The molecule has 2 N–H and O–H groups in total. The van der Waals surface area contributed by atoms with Gasteiger partial charge < -0.3 is 19.8 Å². The summed E-state index contributed by atoms with van der Waals surface area (Å²) in [6, 6.07) is 17.6. The minimum absolute atomic E-state index is 0.241. The molecule has 7 heteroatoms. The highest BCUT2D eigenvalue weighted by Gasteiger charge is 2.38. The van der Waals surface area contributed by atoms with E-state index in [0.717, 1.165) is 36.5 Å². The fourth-order valence-corrected chi connectivity index (χ4v) is 4.98. The summed E-state index contributed by atoms with van der Waals surface area (Å²) in [6.45, 7) is 2.68. The van der Waals surface area contributed by atoms with Gasteiger partial charge in [-0.15, -0.1) is 0 Å². The molecule has 0 spiro atoms. The van der Waals surface area contributed by atoms with E-state index in [0.29, 0.717) is 38.3 Å². The fraction of sp³-hybridized carbons (Fsp3) is 0.500. The van der Waals surface area contributed by atoms with E-state index in [1.807, 2.05) is 42.5 Å². The van der Waals surface area contributed by atoms with Gasteiger partial charge in [0.15, 0.2) is 0 Å². The lowest BCUT2D eigenvalue weighted by Crippen LogP contribution is -2.51. The number of hydrogen-bond donors (Lipinski definition) is 2. The standard InChI is InChI=1S/C26H33ClN2O4/c27-23-8-6-21(7-9-23)22-10-14-28(15-11-22)24(30)18-26(32)12-16-29(17-13-26)25(31)33-19-20-4-2-1-3-5-20/h1-9,22,24,30,32H,10-19H2. The molecule has 2 fully saturated rings. The third kappa shape index (κ3) is 6.48. The van der Waals surface area contributed by atoms with E-state index in [4.69, 9.17) is 16.3 Å². The van der Waals surface area contributed by atoms with E-state index >= 15 is 0 Å². The molecule has 0 aliphatic carbocycles. The summed E-state index contributed by atoms with van der Waals surface area (Å²) in [5, 5.41) is 22.6. The second-order valence-corrected chi connectivity index (χ2v) is 9.73. The molecule has 6 nitrogen and oxygen atoms in total. The Morgan fingerprint density at radius 2 is 1.67 bits per heavy atom. The lowest BCUT2D eigenvalue weighted by atomic mass is 9.86. The van der Waals surface area contributed by atoms with Crippen molar-refractivity contribution in [1.82, 2.24) is 9.80 Å². The third-order valence-electron chi connectivity index (χ3n) is 7.01. The van der Waals surface area contributed by atoms with Crippen molar-refractivity contribution in [3.05, 3.63) is 70.7 Å². The smallest absolute Gasteiger partial charge is 0.410 e. The fourth-order valence-electron chi connectivity index (χ4n) is 4.85. The zero-order chi connectivity index (χ0) is 23.3. The number of carbonyl (C=O) groups is 1. The van der Waals surface area contributed by atoms with Crippen LogP contribution < -0.4 is 0 Å². The number of rotatable bonds is 6. The van der Waals surface area contributed by atoms with Crippen LogP contribution in [0.15, 0.2) is 54.6 Å². The highest BCUT2D eigenvalue weighted by atomic mass is 35.5. The molecule has 2 aliphatic rings. The molecule has 2 aromatic rings. The minimum Gasteiger partial charge on any atom is -0.445 e. The number of ether oxygens (including phenoxy) is 1. The summed E-state index contributed by atoms with van der Waals surface area (Å²) in [5.41, 5.74) is 1.27. The van der Waals surface area contributed by atoms with Crippen LogP contribution in [-0.4, -0.2) is 64.1 Å². The normalized spacial score (nSPS) is 20.4. The van der Waals surface area contributed by atoms with Crippen LogP contribution in [0.4, 0.5) is 4.79 Å². The Balaban J connectivity index is 1.20. The maximum atomic E-state index is 12.4. The number of aliphatic hydroxyl groups excluding tert-OH is 1. The number of nitrogens with zero attached hydrogens (tertiary/aromatic N) is 2. The number of carbonyl (C=O) groups excluding carboxylic acids is 1. The van der Waals surface area contributed by atoms with Crippen molar-refractivity contribution in [2.45, 2.75) is 56.5 Å². The van der Waals surface area contributed by atoms with Crippen LogP contribution in [0.2, 0.25) is 5.02 Å². The quantitative estimate of drug-likeness (QED) is 0.652. The summed E-state index contributed by atoms with van der Waals surface area (Å²) in [7, 11) is 0. The lowest BCUT2D eigenvalue weighted by Gasteiger charge is -2.42. The molecule has 2 aromatic carbocycles. The average Bonchev–Trinajstić information content (AvgIpc) is 2.84. The predicted octanol–water partition coefficient (Wildman–Crippen LogP) is 4.39. The molecule has 2 aliphatic heterocycles. The first-order chi connectivity index (χ1) is 15.9. The SMILES string of the molecule is O=C(OCc1ccccc1)N1CCC(O)(CC(O)N2CCC(c3ccc(Cl)cc3)CC2)CC1. The molecule has 0 aromatic heterocycles. The summed E-state index contributed by atoms with van der Waals surface area (Å²) < 4.78 is 5.41. The molecule has 0 saturated carbocycles. The minimum atomic E-state index is -0.970. The molecule has 1 atom stereocenters. The Morgan fingerprint density at radius 1 is 1.03 bits per heavy atom. The summed E-state index contributed by atoms with van der Waals surface area (Å²) in [4.78, 5) is 16.1. The largest absolute Gasteiger partial charge is 0.445 e. The zero-order valence-corrected chi connectivity index (χ0v) is 19.7. The van der Waals surface area contributed by atoms with Gasteiger partial charge >= 0.3 is 6.09 Å². The Hall–Kier alpha value is -2.12. The predicted molar refractivity (Wildman–Crippen MR) is 128 cm³/mol. The van der Waals surface area contributed by atoms with Gasteiger partial charge in [0.2, 0.25) is 0 Å². The molecule has 1 amide bonds. The molecule has 2 heterocycles. The number of benzene rings is 2. The van der Waals surface area contributed by atoms with Crippen molar-refractivity contribution in [3.63, 3.8) is 0 Å². The topological polar surface area (TPSA) is 73.2 Å². The summed E-state index contributed by atoms with van der Waals surface area (Å²) in [6.07, 6.45) is 2.07. The van der Waals surface area contributed by atoms with Gasteiger partial charge in [0.05, 0.1) is 5.60 Å². The van der Waals surface area contributed by atoms with Gasteiger partial charge in [0.25, 0.3) is 0 Å². The van der Waals surface area contributed by atoms with E-state index in [-0.39, 0.29) is 12.7 Å². The molecular weight excluding hydrogens is 440 g/mol. The zero-order valence-electron chi connectivity index (χ0n) is 18.9. The van der Waals surface area contributed by atoms with Gasteiger partial charge in [0.1, 0.15) is 12.8 Å². The van der Waals surface area contributed by atoms with Gasteiger partial charge in [0, 0.05) is 37.6 Å². The summed E-state index contributed by atoms with van der Waals surface area (Å²) >= 11 is 5.99. The van der Waals surface area contributed by atoms with Crippen molar-refractivity contribution in [1.29, 1.82) is 0 Å². The van der Waals surface area contributed by atoms with Gasteiger partial charge in [-0.3, -0.25) is 4.90 Å². The average molecular weight is 473 g/mol. The summed E-state index contributed by atoms with van der Waals surface area (Å²) in [5.74, 6) is 0.471. The van der Waals surface area contributed by atoms with Crippen molar-refractivity contribution in [3.8, 4) is 0 Å². The lowest BCUT2D eigenvalue weighted by molar-refractivity contribution is -0.0979. The Morgan fingerprint density at radius 3 is 2.30 bits per heavy atom. The Kier molecular flexibility index (Phi) is 7.91. The van der Waals surface area contributed by atoms with Crippen molar-refractivity contribution >= 4 is 17.7 Å². The van der Waals surface area contributed by atoms with Gasteiger partial charge in [-0.25, -0.2) is 4.79 Å².